The van der Waals surface area contributed by atoms with Gasteiger partial charge in [-0.1, -0.05) is 0 Å². The van der Waals surface area contributed by atoms with Crippen molar-refractivity contribution in [2.75, 3.05) is 11.5 Å². The van der Waals surface area contributed by atoms with Gasteiger partial charge in [0.2, 0.25) is 0 Å². The summed E-state index contributed by atoms with van der Waals surface area (Å²) in [6.07, 6.45) is 3.26. The third kappa shape index (κ3) is 3.22. The van der Waals surface area contributed by atoms with Crippen LogP contribution in [0.15, 0.2) is 5.38 Å². The minimum Gasteiger partial charge on any atom is -0.481 e. The summed E-state index contributed by atoms with van der Waals surface area (Å²) in [7, 11) is 0. The predicted molar refractivity (Wildman–Crippen MR) is 67.4 cm³/mol. The lowest BCUT2D eigenvalue weighted by atomic mass is 10.1. The summed E-state index contributed by atoms with van der Waals surface area (Å²) in [5, 5.41) is 11.8. The first kappa shape index (κ1) is 11.9. The van der Waals surface area contributed by atoms with E-state index in [0.29, 0.717) is 12.3 Å². The van der Waals surface area contributed by atoms with E-state index in [1.807, 2.05) is 17.1 Å². The van der Waals surface area contributed by atoms with Crippen molar-refractivity contribution in [3.8, 4) is 0 Å². The zero-order chi connectivity index (χ0) is 11.4. The van der Waals surface area contributed by atoms with Gasteiger partial charge in [0, 0.05) is 23.5 Å². The van der Waals surface area contributed by atoms with E-state index in [2.05, 4.69) is 4.98 Å². The van der Waals surface area contributed by atoms with Crippen molar-refractivity contribution in [1.82, 2.24) is 4.98 Å². The molecule has 2 rings (SSSR count). The Kier molecular flexibility index (Phi) is 4.23. The maximum absolute atomic E-state index is 10.5. The Labute approximate surface area is 103 Å². The molecule has 0 spiro atoms. The number of hydrogen-bond donors (Lipinski definition) is 1. The molecule has 5 heteroatoms. The molecule has 1 fully saturated rings. The topological polar surface area (TPSA) is 50.2 Å². The van der Waals surface area contributed by atoms with Gasteiger partial charge in [0.25, 0.3) is 0 Å². The summed E-state index contributed by atoms with van der Waals surface area (Å²) in [6.45, 7) is 0. The first-order valence-electron chi connectivity index (χ1n) is 5.49. The third-order valence-corrected chi connectivity index (χ3v) is 4.95. The molecule has 1 aliphatic heterocycles. The summed E-state index contributed by atoms with van der Waals surface area (Å²) in [5.41, 5.74) is 0.943. The number of carbonyl (C=O) groups is 1. The average molecular weight is 257 g/mol. The number of aromatic nitrogens is 1. The van der Waals surface area contributed by atoms with Crippen LogP contribution in [-0.2, 0) is 11.2 Å². The number of thioether (sulfide) groups is 1. The summed E-state index contributed by atoms with van der Waals surface area (Å²) >= 11 is 3.69. The van der Waals surface area contributed by atoms with Crippen LogP contribution in [0.3, 0.4) is 0 Å². The summed E-state index contributed by atoms with van der Waals surface area (Å²) in [5.74, 6) is 2.30. The lowest BCUT2D eigenvalue weighted by Gasteiger charge is -2.18. The highest BCUT2D eigenvalue weighted by atomic mass is 32.2. The first-order chi connectivity index (χ1) is 7.75. The highest BCUT2D eigenvalue weighted by Crippen LogP contribution is 2.32. The maximum atomic E-state index is 10.5. The number of carboxylic acids is 1. The van der Waals surface area contributed by atoms with Crippen LogP contribution in [0.1, 0.15) is 35.9 Å². The summed E-state index contributed by atoms with van der Waals surface area (Å²) in [6, 6.07) is 0. The second kappa shape index (κ2) is 5.68. The second-order valence-electron chi connectivity index (χ2n) is 3.98. The van der Waals surface area contributed by atoms with Gasteiger partial charge in [-0.05, 0) is 18.6 Å². The molecule has 1 atom stereocenters. The molecule has 1 N–H and O–H groups in total. The van der Waals surface area contributed by atoms with Gasteiger partial charge in [-0.15, -0.1) is 11.3 Å². The second-order valence-corrected chi connectivity index (χ2v) is 6.02. The fourth-order valence-corrected chi connectivity index (χ4v) is 4.04. The molecule has 1 aliphatic rings. The Morgan fingerprint density at radius 2 is 2.50 bits per heavy atom. The highest BCUT2D eigenvalue weighted by Gasteiger charge is 2.19. The van der Waals surface area contributed by atoms with E-state index in [-0.39, 0.29) is 6.42 Å². The maximum Gasteiger partial charge on any atom is 0.303 e. The molecule has 0 aliphatic carbocycles. The van der Waals surface area contributed by atoms with Crippen molar-refractivity contribution >= 4 is 29.1 Å². The summed E-state index contributed by atoms with van der Waals surface area (Å²) < 4.78 is 0. The van der Waals surface area contributed by atoms with E-state index < -0.39 is 5.97 Å². The van der Waals surface area contributed by atoms with Gasteiger partial charge in [-0.3, -0.25) is 4.79 Å². The van der Waals surface area contributed by atoms with Gasteiger partial charge in [-0.25, -0.2) is 4.98 Å². The van der Waals surface area contributed by atoms with Crippen molar-refractivity contribution in [3.63, 3.8) is 0 Å². The monoisotopic (exact) mass is 257 g/mol. The quantitative estimate of drug-likeness (QED) is 0.901. The van der Waals surface area contributed by atoms with Gasteiger partial charge in [-0.2, -0.15) is 11.8 Å². The number of rotatable bonds is 4. The van der Waals surface area contributed by atoms with Crippen LogP contribution in [0.4, 0.5) is 0 Å². The average Bonchev–Trinajstić information content (AvgIpc) is 2.76. The van der Waals surface area contributed by atoms with Crippen molar-refractivity contribution in [1.29, 1.82) is 0 Å². The molecule has 88 valence electrons. The predicted octanol–water partition coefficient (Wildman–Crippen LogP) is 2.77. The first-order valence-corrected chi connectivity index (χ1v) is 7.53. The van der Waals surface area contributed by atoms with Crippen LogP contribution in [-0.4, -0.2) is 27.6 Å². The van der Waals surface area contributed by atoms with Crippen LogP contribution in [0.5, 0.6) is 0 Å². The molecule has 3 nitrogen and oxygen atoms in total. The Morgan fingerprint density at radius 3 is 3.19 bits per heavy atom. The lowest BCUT2D eigenvalue weighted by Crippen LogP contribution is -2.08. The fourth-order valence-electron chi connectivity index (χ4n) is 1.80. The van der Waals surface area contributed by atoms with Gasteiger partial charge < -0.3 is 5.11 Å². The Balaban J connectivity index is 1.93. The highest BCUT2D eigenvalue weighted by molar-refractivity contribution is 7.99. The van der Waals surface area contributed by atoms with Gasteiger partial charge in [0.1, 0.15) is 0 Å². The van der Waals surface area contributed by atoms with Crippen molar-refractivity contribution in [2.24, 2.45) is 0 Å². The molecular weight excluding hydrogens is 242 g/mol. The molecule has 1 saturated heterocycles. The molecule has 0 bridgehead atoms. The lowest BCUT2D eigenvalue weighted by molar-refractivity contribution is -0.136. The molecule has 0 radical (unpaired) electrons. The standard InChI is InChI=1S/C11H15NO2S2/c13-10(14)4-3-9-7-16-11(12-9)8-2-1-5-15-6-8/h7-8H,1-6H2,(H,13,14). The smallest absolute Gasteiger partial charge is 0.303 e. The Morgan fingerprint density at radius 1 is 1.62 bits per heavy atom. The minimum absolute atomic E-state index is 0.183. The van der Waals surface area contributed by atoms with Crippen molar-refractivity contribution in [3.05, 3.63) is 16.1 Å². The number of aryl methyl sites for hydroxylation is 1. The number of aliphatic carboxylic acids is 1. The van der Waals surface area contributed by atoms with Crippen LogP contribution in [0.25, 0.3) is 0 Å². The van der Waals surface area contributed by atoms with E-state index in [1.54, 1.807) is 11.3 Å². The Bertz CT molecular complexity index is 359. The molecule has 1 aromatic heterocycles. The van der Waals surface area contributed by atoms with Gasteiger partial charge in [0.15, 0.2) is 0 Å². The van der Waals surface area contributed by atoms with Crippen LogP contribution in [0, 0.1) is 0 Å². The van der Waals surface area contributed by atoms with Crippen LogP contribution < -0.4 is 0 Å². The van der Waals surface area contributed by atoms with Gasteiger partial charge in [0.05, 0.1) is 17.1 Å². The molecule has 16 heavy (non-hydrogen) atoms. The molecule has 2 heterocycles. The fraction of sp³-hybridized carbons (Fsp3) is 0.636. The molecule has 1 unspecified atom stereocenters. The van der Waals surface area contributed by atoms with Gasteiger partial charge >= 0.3 is 5.97 Å². The van der Waals surface area contributed by atoms with Crippen molar-refractivity contribution < 1.29 is 9.90 Å². The number of thiazole rings is 1. The van der Waals surface area contributed by atoms with E-state index in [9.17, 15) is 4.79 Å². The normalized spacial score (nSPS) is 20.9. The molecule has 0 amide bonds. The zero-order valence-corrected chi connectivity index (χ0v) is 10.6. The number of hydrogen-bond acceptors (Lipinski definition) is 4. The van der Waals surface area contributed by atoms with E-state index in [1.165, 1.54) is 29.4 Å². The minimum atomic E-state index is -0.747. The molecule has 0 aromatic carbocycles. The van der Waals surface area contributed by atoms with Crippen LogP contribution >= 0.6 is 23.1 Å². The molecule has 0 saturated carbocycles. The van der Waals surface area contributed by atoms with E-state index >= 15 is 0 Å². The summed E-state index contributed by atoms with van der Waals surface area (Å²) in [4.78, 5) is 15.0. The van der Waals surface area contributed by atoms with E-state index in [0.717, 1.165) is 5.69 Å². The van der Waals surface area contributed by atoms with E-state index in [4.69, 9.17) is 5.11 Å². The largest absolute Gasteiger partial charge is 0.481 e. The molecular formula is C11H15NO2S2. The number of nitrogens with zero attached hydrogens (tertiary/aromatic N) is 1. The SMILES string of the molecule is O=C(O)CCc1csc(C2CCCSC2)n1. The third-order valence-electron chi connectivity index (χ3n) is 2.67. The molecule has 1 aromatic rings. The Hall–Kier alpha value is -0.550. The zero-order valence-electron chi connectivity index (χ0n) is 9.02. The van der Waals surface area contributed by atoms with Crippen LogP contribution in [0.2, 0.25) is 0 Å². The van der Waals surface area contributed by atoms with Crippen molar-refractivity contribution in [2.45, 2.75) is 31.6 Å². The number of carboxylic acid groups (broad SMARTS) is 1.